The van der Waals surface area contributed by atoms with Crippen molar-refractivity contribution in [2.24, 2.45) is 0 Å². The minimum atomic E-state index is -1.57. The third kappa shape index (κ3) is 2.83. The number of halogens is 1. The molecular formula is C17H26FN7. The predicted octanol–water partition coefficient (Wildman–Crippen LogP) is 1.47. The van der Waals surface area contributed by atoms with E-state index >= 15 is 4.39 Å². The maximum absolute atomic E-state index is 16.5. The molecule has 2 fully saturated rings. The van der Waals surface area contributed by atoms with Gasteiger partial charge < -0.3 is 11.5 Å². The number of alkyl halides is 1. The fourth-order valence-corrected chi connectivity index (χ4v) is 4.35. The number of hydrogen-bond donors (Lipinski definition) is 2. The third-order valence-electron chi connectivity index (χ3n) is 5.50. The third-order valence-corrected chi connectivity index (χ3v) is 5.50. The number of piperidine rings is 1. The lowest BCUT2D eigenvalue weighted by molar-refractivity contribution is -0.0515. The highest BCUT2D eigenvalue weighted by molar-refractivity contribution is 5.62. The Morgan fingerprint density at radius 3 is 2.36 bits per heavy atom. The fraction of sp³-hybridized carbons (Fsp3) is 0.647. The van der Waals surface area contributed by atoms with E-state index in [-0.39, 0.29) is 11.9 Å². The highest BCUT2D eigenvalue weighted by Gasteiger charge is 2.50. The molecule has 4 rings (SSSR count). The van der Waals surface area contributed by atoms with Crippen LogP contribution in [0.2, 0.25) is 0 Å². The Bertz CT molecular complexity index is 685. The van der Waals surface area contributed by atoms with E-state index in [9.17, 15) is 0 Å². The Morgan fingerprint density at radius 1 is 1.04 bits per heavy atom. The van der Waals surface area contributed by atoms with Crippen LogP contribution in [-0.4, -0.2) is 62.6 Å². The van der Waals surface area contributed by atoms with Crippen LogP contribution >= 0.6 is 0 Å². The summed E-state index contributed by atoms with van der Waals surface area (Å²) in [5, 5.41) is 4.21. The van der Waals surface area contributed by atoms with Crippen molar-refractivity contribution in [1.82, 2.24) is 24.6 Å². The molecule has 4 N–H and O–H groups in total. The second kappa shape index (κ2) is 6.42. The number of anilines is 2. The molecule has 0 spiro atoms. The molecular weight excluding hydrogens is 321 g/mol. The number of allylic oxidation sites excluding steroid dienone is 2. The van der Waals surface area contributed by atoms with Gasteiger partial charge in [-0.25, -0.2) is 4.39 Å². The van der Waals surface area contributed by atoms with Gasteiger partial charge in [0.1, 0.15) is 6.04 Å². The molecule has 7 nitrogen and oxygen atoms in total. The summed E-state index contributed by atoms with van der Waals surface area (Å²) in [5.41, 5.74) is 12.4. The number of likely N-dealkylation sites (tertiary alicyclic amines) is 2. The van der Waals surface area contributed by atoms with E-state index in [2.05, 4.69) is 15.0 Å². The van der Waals surface area contributed by atoms with E-state index in [1.165, 1.54) is 11.1 Å². The van der Waals surface area contributed by atoms with Crippen molar-refractivity contribution < 1.29 is 4.39 Å². The van der Waals surface area contributed by atoms with Gasteiger partial charge in [-0.3, -0.25) is 9.80 Å². The van der Waals surface area contributed by atoms with Crippen LogP contribution in [0.15, 0.2) is 18.2 Å². The first-order chi connectivity index (χ1) is 12.1. The number of hydrogen-bond acceptors (Lipinski definition) is 6. The van der Waals surface area contributed by atoms with Crippen molar-refractivity contribution >= 4 is 17.6 Å². The van der Waals surface area contributed by atoms with E-state index < -0.39 is 11.8 Å². The zero-order valence-electron chi connectivity index (χ0n) is 14.4. The van der Waals surface area contributed by atoms with E-state index in [0.29, 0.717) is 5.70 Å². The first-order valence-electron chi connectivity index (χ1n) is 9.15. The molecule has 0 aromatic carbocycles. The predicted molar refractivity (Wildman–Crippen MR) is 96.1 cm³/mol. The normalized spacial score (nSPS) is 31.4. The molecule has 136 valence electrons. The Balaban J connectivity index is 1.76. The fourth-order valence-electron chi connectivity index (χ4n) is 4.35. The van der Waals surface area contributed by atoms with Crippen LogP contribution in [0.1, 0.15) is 32.1 Å². The minimum Gasteiger partial charge on any atom is -0.368 e. The molecule has 0 saturated carbocycles. The second-order valence-electron chi connectivity index (χ2n) is 7.11. The van der Waals surface area contributed by atoms with Crippen molar-refractivity contribution in [3.05, 3.63) is 18.2 Å². The van der Waals surface area contributed by atoms with E-state index in [4.69, 9.17) is 11.5 Å². The lowest BCUT2D eigenvalue weighted by Crippen LogP contribution is -2.61. The molecule has 0 amide bonds. The van der Waals surface area contributed by atoms with Crippen molar-refractivity contribution in [3.8, 4) is 0 Å². The monoisotopic (exact) mass is 347 g/mol. The molecule has 0 radical (unpaired) electrons. The van der Waals surface area contributed by atoms with Gasteiger partial charge in [0.2, 0.25) is 17.7 Å². The van der Waals surface area contributed by atoms with Gasteiger partial charge in [-0.05, 0) is 50.9 Å². The van der Waals surface area contributed by atoms with Gasteiger partial charge in [-0.2, -0.15) is 9.67 Å². The summed E-state index contributed by atoms with van der Waals surface area (Å²) in [5.74, 6) is -1.26. The maximum Gasteiger partial charge on any atom is 0.241 e. The number of rotatable bonds is 3. The average molecular weight is 347 g/mol. The number of nitrogen functional groups attached to an aromatic ring is 2. The molecule has 2 atom stereocenters. The van der Waals surface area contributed by atoms with Gasteiger partial charge in [0.25, 0.3) is 0 Å². The molecule has 1 aromatic rings. The molecule has 1 aromatic heterocycles. The molecule has 25 heavy (non-hydrogen) atoms. The largest absolute Gasteiger partial charge is 0.368 e. The van der Waals surface area contributed by atoms with E-state index in [1.54, 1.807) is 12.2 Å². The molecule has 2 saturated heterocycles. The smallest absolute Gasteiger partial charge is 0.241 e. The van der Waals surface area contributed by atoms with Gasteiger partial charge in [0.15, 0.2) is 0 Å². The lowest BCUT2D eigenvalue weighted by atomic mass is 9.91. The Morgan fingerprint density at radius 2 is 1.72 bits per heavy atom. The summed E-state index contributed by atoms with van der Waals surface area (Å²) in [7, 11) is 0. The van der Waals surface area contributed by atoms with Crippen LogP contribution < -0.4 is 11.5 Å². The van der Waals surface area contributed by atoms with E-state index in [1.807, 2.05) is 11.0 Å². The molecule has 0 bridgehead atoms. The summed E-state index contributed by atoms with van der Waals surface area (Å²) in [6.45, 7) is 3.29. The standard InChI is InChI=1S/C17H26FN7/c18-17(24-11-2-1-3-12-24)8-6-7-13(14(17)23-9-4-5-10-23)25-16(20)21-15(19)22-25/h6-8,14H,1-5,9-12H2,(H4,19,20,21,22). The van der Waals surface area contributed by atoms with Crippen LogP contribution in [0.5, 0.6) is 0 Å². The molecule has 3 heterocycles. The molecule has 2 aliphatic heterocycles. The summed E-state index contributed by atoms with van der Waals surface area (Å²) in [6.07, 6.45) is 10.7. The maximum atomic E-state index is 16.5. The first-order valence-corrected chi connectivity index (χ1v) is 9.15. The topological polar surface area (TPSA) is 89.2 Å². The van der Waals surface area contributed by atoms with Crippen molar-refractivity contribution in [3.63, 3.8) is 0 Å². The van der Waals surface area contributed by atoms with Crippen LogP contribution in [-0.2, 0) is 0 Å². The van der Waals surface area contributed by atoms with Crippen LogP contribution in [0.4, 0.5) is 16.3 Å². The number of aromatic nitrogens is 3. The SMILES string of the molecule is Nc1nc(N)n(C2=CC=CC(F)(N3CCCCC3)C2N2CCCC2)n1. The van der Waals surface area contributed by atoms with Crippen LogP contribution in [0.3, 0.4) is 0 Å². The Labute approximate surface area is 147 Å². The highest BCUT2D eigenvalue weighted by Crippen LogP contribution is 2.40. The summed E-state index contributed by atoms with van der Waals surface area (Å²) >= 11 is 0. The zero-order valence-corrected chi connectivity index (χ0v) is 14.4. The van der Waals surface area contributed by atoms with Gasteiger partial charge >= 0.3 is 0 Å². The number of nitrogens with zero attached hydrogens (tertiary/aromatic N) is 5. The Hall–Kier alpha value is -1.93. The zero-order chi connectivity index (χ0) is 17.4. The quantitative estimate of drug-likeness (QED) is 0.805. The van der Waals surface area contributed by atoms with Crippen molar-refractivity contribution in [1.29, 1.82) is 0 Å². The minimum absolute atomic E-state index is 0.107. The summed E-state index contributed by atoms with van der Waals surface area (Å²) < 4.78 is 18.0. The summed E-state index contributed by atoms with van der Waals surface area (Å²) in [4.78, 5) is 8.18. The molecule has 2 unspecified atom stereocenters. The lowest BCUT2D eigenvalue weighted by Gasteiger charge is -2.47. The molecule has 3 aliphatic rings. The average Bonchev–Trinajstić information content (AvgIpc) is 3.25. The van der Waals surface area contributed by atoms with Crippen LogP contribution in [0, 0.1) is 0 Å². The molecule has 1 aliphatic carbocycles. The van der Waals surface area contributed by atoms with Gasteiger partial charge in [0.05, 0.1) is 5.70 Å². The van der Waals surface area contributed by atoms with E-state index in [0.717, 1.165) is 51.9 Å². The number of nitrogens with two attached hydrogens (primary N) is 2. The second-order valence-corrected chi connectivity index (χ2v) is 7.11. The van der Waals surface area contributed by atoms with Gasteiger partial charge in [0, 0.05) is 13.1 Å². The van der Waals surface area contributed by atoms with Crippen molar-refractivity contribution in [2.45, 2.75) is 43.9 Å². The molecule has 8 heteroatoms. The van der Waals surface area contributed by atoms with Gasteiger partial charge in [-0.1, -0.05) is 12.5 Å². The Kier molecular flexibility index (Phi) is 4.24. The van der Waals surface area contributed by atoms with Crippen molar-refractivity contribution in [2.75, 3.05) is 37.6 Å². The summed E-state index contributed by atoms with van der Waals surface area (Å²) in [6, 6.07) is -0.457. The highest BCUT2D eigenvalue weighted by atomic mass is 19.1. The van der Waals surface area contributed by atoms with Gasteiger partial charge in [-0.15, -0.1) is 5.10 Å². The van der Waals surface area contributed by atoms with Crippen LogP contribution in [0.25, 0.3) is 5.70 Å². The first kappa shape index (κ1) is 16.5.